The summed E-state index contributed by atoms with van der Waals surface area (Å²) in [5, 5.41) is 3.06. The Morgan fingerprint density at radius 3 is 2.17 bits per heavy atom. The van der Waals surface area contributed by atoms with Crippen LogP contribution in [0.2, 0.25) is 0 Å². The summed E-state index contributed by atoms with van der Waals surface area (Å²) in [7, 11) is 0. The lowest BCUT2D eigenvalue weighted by Crippen LogP contribution is -2.51. The van der Waals surface area contributed by atoms with E-state index in [4.69, 9.17) is 0 Å². The van der Waals surface area contributed by atoms with Gasteiger partial charge >= 0.3 is 0 Å². The highest BCUT2D eigenvalue weighted by atomic mass is 16.2. The lowest BCUT2D eigenvalue weighted by atomic mass is 9.72. The van der Waals surface area contributed by atoms with Crippen molar-refractivity contribution < 1.29 is 9.59 Å². The number of carbonyl (C=O) groups excluding carboxylic acids is 2. The van der Waals surface area contributed by atoms with Crippen molar-refractivity contribution in [2.45, 2.75) is 39.5 Å². The number of carbonyl (C=O) groups is 2. The largest absolute Gasteiger partial charge is 0.356 e. The molecule has 2 aliphatic rings. The molecule has 0 radical (unpaired) electrons. The van der Waals surface area contributed by atoms with Crippen molar-refractivity contribution >= 4 is 11.8 Å². The molecule has 2 aromatic carbocycles. The second kappa shape index (κ2) is 8.63. The third-order valence-electron chi connectivity index (χ3n) is 6.88. The van der Waals surface area contributed by atoms with Gasteiger partial charge in [-0.3, -0.25) is 9.59 Å². The quantitative estimate of drug-likeness (QED) is 0.780. The Morgan fingerprint density at radius 2 is 1.60 bits per heavy atom. The molecule has 2 fully saturated rings. The van der Waals surface area contributed by atoms with Crippen LogP contribution in [0.15, 0.2) is 54.6 Å². The highest BCUT2D eigenvalue weighted by Crippen LogP contribution is 2.42. The van der Waals surface area contributed by atoms with Crippen LogP contribution in [-0.2, 0) is 16.0 Å². The third-order valence-corrected chi connectivity index (χ3v) is 6.88. The van der Waals surface area contributed by atoms with E-state index in [-0.39, 0.29) is 11.8 Å². The number of hydrogen-bond acceptors (Lipinski definition) is 2. The zero-order valence-corrected chi connectivity index (χ0v) is 18.1. The molecule has 1 saturated heterocycles. The first-order valence-corrected chi connectivity index (χ1v) is 11.2. The number of piperidine rings is 1. The Bertz CT molecular complexity index is 883. The minimum Gasteiger partial charge on any atom is -0.356 e. The van der Waals surface area contributed by atoms with Gasteiger partial charge in [-0.2, -0.15) is 0 Å². The summed E-state index contributed by atoms with van der Waals surface area (Å²) in [6, 6.07) is 18.9. The van der Waals surface area contributed by atoms with Crippen molar-refractivity contribution in [3.63, 3.8) is 0 Å². The Hall–Kier alpha value is -2.62. The minimum absolute atomic E-state index is 0.129. The van der Waals surface area contributed by atoms with Crippen LogP contribution in [0.3, 0.4) is 0 Å². The van der Waals surface area contributed by atoms with E-state index in [2.05, 4.69) is 48.6 Å². The number of rotatable bonds is 6. The molecule has 2 atom stereocenters. The molecule has 0 spiro atoms. The predicted molar refractivity (Wildman–Crippen MR) is 120 cm³/mol. The van der Waals surface area contributed by atoms with Crippen LogP contribution in [0.4, 0.5) is 0 Å². The molecule has 1 aliphatic carbocycles. The predicted octanol–water partition coefficient (Wildman–Crippen LogP) is 4.30. The monoisotopic (exact) mass is 404 g/mol. The van der Waals surface area contributed by atoms with E-state index >= 15 is 0 Å². The Balaban J connectivity index is 1.48. The zero-order valence-electron chi connectivity index (χ0n) is 18.1. The van der Waals surface area contributed by atoms with E-state index in [0.717, 1.165) is 25.7 Å². The maximum atomic E-state index is 13.1. The van der Waals surface area contributed by atoms with E-state index in [0.29, 0.717) is 31.5 Å². The van der Waals surface area contributed by atoms with Crippen LogP contribution >= 0.6 is 0 Å². The highest BCUT2D eigenvalue weighted by molar-refractivity contribution is 5.85. The summed E-state index contributed by atoms with van der Waals surface area (Å²) >= 11 is 0. The molecule has 2 amide bonds. The van der Waals surface area contributed by atoms with E-state index < -0.39 is 5.41 Å². The average Bonchev–Trinajstić information content (AvgIpc) is 3.51. The van der Waals surface area contributed by atoms with E-state index in [1.807, 2.05) is 30.0 Å². The van der Waals surface area contributed by atoms with Gasteiger partial charge in [-0.25, -0.2) is 0 Å². The number of hydrogen-bond donors (Lipinski definition) is 1. The first kappa shape index (κ1) is 20.6. The molecular formula is C26H32N2O2. The summed E-state index contributed by atoms with van der Waals surface area (Å²) in [6.45, 7) is 6.11. The normalized spacial score (nSPS) is 22.4. The number of benzene rings is 2. The molecule has 2 aromatic rings. The fourth-order valence-electron chi connectivity index (χ4n) is 4.72. The summed E-state index contributed by atoms with van der Waals surface area (Å²) < 4.78 is 0. The van der Waals surface area contributed by atoms with Crippen molar-refractivity contribution in [1.29, 1.82) is 0 Å². The van der Waals surface area contributed by atoms with Gasteiger partial charge in [0.2, 0.25) is 11.8 Å². The number of nitrogens with one attached hydrogen (secondary N) is 1. The summed E-state index contributed by atoms with van der Waals surface area (Å²) in [4.78, 5) is 27.7. The molecule has 30 heavy (non-hydrogen) atoms. The van der Waals surface area contributed by atoms with Crippen LogP contribution in [0.1, 0.15) is 38.7 Å². The van der Waals surface area contributed by atoms with Crippen molar-refractivity contribution in [3.05, 3.63) is 60.2 Å². The van der Waals surface area contributed by atoms with Crippen molar-refractivity contribution in [1.82, 2.24) is 10.2 Å². The maximum absolute atomic E-state index is 13.1. The lowest BCUT2D eigenvalue weighted by molar-refractivity contribution is -0.141. The molecule has 1 aliphatic heterocycles. The molecule has 1 heterocycles. The SMILES string of the molecule is CCNC(=O)C1(Cc2ccc(-c3ccccc3)cc2)CCN(C(=O)[C@H]2C[C@@H]2C)CC1. The fraction of sp³-hybridized carbons (Fsp3) is 0.462. The van der Waals surface area contributed by atoms with E-state index in [9.17, 15) is 9.59 Å². The molecule has 1 N–H and O–H groups in total. The van der Waals surface area contributed by atoms with Crippen LogP contribution in [0.5, 0.6) is 0 Å². The van der Waals surface area contributed by atoms with Crippen LogP contribution in [-0.4, -0.2) is 36.3 Å². The topological polar surface area (TPSA) is 49.4 Å². The lowest BCUT2D eigenvalue weighted by Gasteiger charge is -2.41. The standard InChI is InChI=1S/C26H32N2O2/c1-3-27-25(30)26(13-15-28(16-14-26)24(29)23-17-19(23)2)18-20-9-11-22(12-10-20)21-7-5-4-6-8-21/h4-12,19,23H,3,13-18H2,1-2H3,(H,27,30)/t19-,23-/m0/s1. The highest BCUT2D eigenvalue weighted by Gasteiger charge is 2.46. The first-order valence-electron chi connectivity index (χ1n) is 11.2. The van der Waals surface area contributed by atoms with Gasteiger partial charge in [0.15, 0.2) is 0 Å². The van der Waals surface area contributed by atoms with Gasteiger partial charge in [0, 0.05) is 25.6 Å². The second-order valence-electron chi connectivity index (χ2n) is 9.02. The van der Waals surface area contributed by atoms with Crippen molar-refractivity contribution in [2.24, 2.45) is 17.3 Å². The fourth-order valence-corrected chi connectivity index (χ4v) is 4.72. The van der Waals surface area contributed by atoms with E-state index in [1.165, 1.54) is 16.7 Å². The van der Waals surface area contributed by atoms with Gasteiger partial charge in [-0.1, -0.05) is 61.5 Å². The van der Waals surface area contributed by atoms with Gasteiger partial charge in [0.25, 0.3) is 0 Å². The van der Waals surface area contributed by atoms with Gasteiger partial charge < -0.3 is 10.2 Å². The zero-order chi connectivity index (χ0) is 21.1. The van der Waals surface area contributed by atoms with E-state index in [1.54, 1.807) is 0 Å². The minimum atomic E-state index is -0.434. The molecule has 4 heteroatoms. The molecule has 0 bridgehead atoms. The van der Waals surface area contributed by atoms with Crippen molar-refractivity contribution in [3.8, 4) is 11.1 Å². The van der Waals surface area contributed by atoms with Crippen LogP contribution < -0.4 is 5.32 Å². The summed E-state index contributed by atoms with van der Waals surface area (Å²) in [6.07, 6.45) is 3.19. The number of nitrogens with zero attached hydrogens (tertiary/aromatic N) is 1. The molecule has 158 valence electrons. The van der Waals surface area contributed by atoms with Gasteiger partial charge in [0.05, 0.1) is 5.41 Å². The van der Waals surface area contributed by atoms with Crippen LogP contribution in [0.25, 0.3) is 11.1 Å². The molecule has 1 saturated carbocycles. The molecule has 4 nitrogen and oxygen atoms in total. The van der Waals surface area contributed by atoms with Gasteiger partial charge in [0.1, 0.15) is 0 Å². The second-order valence-corrected chi connectivity index (χ2v) is 9.02. The van der Waals surface area contributed by atoms with Gasteiger partial charge in [-0.05, 0) is 55.2 Å². The number of likely N-dealkylation sites (tertiary alicyclic amines) is 1. The summed E-state index contributed by atoms with van der Waals surface area (Å²) in [5.74, 6) is 1.16. The molecule has 0 unspecified atom stereocenters. The Labute approximate surface area is 179 Å². The Morgan fingerprint density at radius 1 is 1.00 bits per heavy atom. The van der Waals surface area contributed by atoms with Crippen LogP contribution in [0, 0.1) is 17.3 Å². The molecule has 4 rings (SSSR count). The third kappa shape index (κ3) is 4.28. The molecule has 0 aromatic heterocycles. The smallest absolute Gasteiger partial charge is 0.226 e. The Kier molecular flexibility index (Phi) is 5.94. The van der Waals surface area contributed by atoms with Gasteiger partial charge in [-0.15, -0.1) is 0 Å². The van der Waals surface area contributed by atoms with Crippen molar-refractivity contribution in [2.75, 3.05) is 19.6 Å². The number of amides is 2. The average molecular weight is 405 g/mol. The first-order chi connectivity index (χ1) is 14.5. The molecular weight excluding hydrogens is 372 g/mol. The summed E-state index contributed by atoms with van der Waals surface area (Å²) in [5.41, 5.74) is 3.13. The maximum Gasteiger partial charge on any atom is 0.226 e.